The Bertz CT molecular complexity index is 436. The summed E-state index contributed by atoms with van der Waals surface area (Å²) < 4.78 is 0. The number of H-pyrrole nitrogens is 1. The van der Waals surface area contributed by atoms with Crippen LogP contribution in [0, 0.1) is 12.3 Å². The van der Waals surface area contributed by atoms with Gasteiger partial charge in [0.2, 0.25) is 5.91 Å². The zero-order valence-corrected chi connectivity index (χ0v) is 11.8. The zero-order chi connectivity index (χ0) is 13.9. The minimum Gasteiger partial charge on any atom is -0.338 e. The Morgan fingerprint density at radius 1 is 1.42 bits per heavy atom. The highest BCUT2D eigenvalue weighted by Crippen LogP contribution is 2.37. The molecule has 2 rings (SSSR count). The maximum Gasteiger partial charge on any atom is 0.230 e. The van der Waals surface area contributed by atoms with Crippen LogP contribution in [0.15, 0.2) is 0 Å². The predicted octanol–water partition coefficient (Wildman–Crippen LogP) is 0.981. The van der Waals surface area contributed by atoms with Crippen LogP contribution in [-0.2, 0) is 11.3 Å². The minimum atomic E-state index is -0.363. The summed E-state index contributed by atoms with van der Waals surface area (Å²) in [4.78, 5) is 18.6. The van der Waals surface area contributed by atoms with E-state index in [-0.39, 0.29) is 11.3 Å². The highest BCUT2D eigenvalue weighted by Gasteiger charge is 2.40. The largest absolute Gasteiger partial charge is 0.338 e. The van der Waals surface area contributed by atoms with Gasteiger partial charge in [-0.2, -0.15) is 5.10 Å². The lowest BCUT2D eigenvalue weighted by atomic mass is 9.73. The van der Waals surface area contributed by atoms with Crippen molar-refractivity contribution in [2.45, 2.75) is 45.6 Å². The summed E-state index contributed by atoms with van der Waals surface area (Å²) in [6, 6.07) is 0. The molecule has 1 heterocycles. The van der Waals surface area contributed by atoms with Crippen molar-refractivity contribution in [2.24, 2.45) is 11.1 Å². The molecule has 0 aromatic carbocycles. The molecule has 1 aromatic heterocycles. The van der Waals surface area contributed by atoms with Crippen molar-refractivity contribution in [3.05, 3.63) is 11.6 Å². The number of aromatic amines is 1. The number of carbonyl (C=O) groups is 1. The summed E-state index contributed by atoms with van der Waals surface area (Å²) in [7, 11) is 1.81. The summed E-state index contributed by atoms with van der Waals surface area (Å²) in [6.07, 6.45) is 5.20. The molecule has 0 spiro atoms. The maximum absolute atomic E-state index is 12.6. The Kier molecular flexibility index (Phi) is 4.19. The van der Waals surface area contributed by atoms with E-state index in [1.165, 1.54) is 6.42 Å². The third kappa shape index (κ3) is 2.94. The van der Waals surface area contributed by atoms with Crippen molar-refractivity contribution in [1.29, 1.82) is 0 Å². The van der Waals surface area contributed by atoms with Gasteiger partial charge in [0.15, 0.2) is 5.82 Å². The number of aryl methyl sites for hydroxylation is 1. The molecule has 1 aliphatic carbocycles. The normalized spacial score (nSPS) is 18.3. The van der Waals surface area contributed by atoms with E-state index in [2.05, 4.69) is 15.2 Å². The lowest BCUT2D eigenvalue weighted by molar-refractivity contribution is -0.142. The van der Waals surface area contributed by atoms with Gasteiger partial charge in [0, 0.05) is 13.6 Å². The molecular formula is C13H23N5O. The van der Waals surface area contributed by atoms with E-state index in [1.54, 1.807) is 11.9 Å². The van der Waals surface area contributed by atoms with Crippen LogP contribution in [0.1, 0.15) is 43.8 Å². The standard InChI is InChI=1S/C13H23N5O/c1-10-15-11(17-16-10)8-18(2)12(19)13(9-14)6-4-3-5-7-13/h3-9,14H2,1-2H3,(H,15,16,17). The molecule has 0 bridgehead atoms. The van der Waals surface area contributed by atoms with Crippen LogP contribution in [0.4, 0.5) is 0 Å². The second-order valence-corrected chi connectivity index (χ2v) is 5.54. The van der Waals surface area contributed by atoms with Gasteiger partial charge in [-0.15, -0.1) is 0 Å². The Hall–Kier alpha value is -1.43. The fourth-order valence-corrected chi connectivity index (χ4v) is 2.88. The van der Waals surface area contributed by atoms with Crippen LogP contribution in [-0.4, -0.2) is 39.6 Å². The summed E-state index contributed by atoms with van der Waals surface area (Å²) in [5, 5.41) is 6.86. The quantitative estimate of drug-likeness (QED) is 0.849. The van der Waals surface area contributed by atoms with Gasteiger partial charge < -0.3 is 10.6 Å². The Labute approximate surface area is 113 Å². The fraction of sp³-hybridized carbons (Fsp3) is 0.769. The van der Waals surface area contributed by atoms with Crippen molar-refractivity contribution >= 4 is 5.91 Å². The zero-order valence-electron chi connectivity index (χ0n) is 11.8. The lowest BCUT2D eigenvalue weighted by Crippen LogP contribution is -2.47. The van der Waals surface area contributed by atoms with Crippen molar-refractivity contribution in [1.82, 2.24) is 20.1 Å². The average molecular weight is 265 g/mol. The highest BCUT2D eigenvalue weighted by atomic mass is 16.2. The molecule has 0 aliphatic heterocycles. The second-order valence-electron chi connectivity index (χ2n) is 5.54. The van der Waals surface area contributed by atoms with Crippen LogP contribution in [0.5, 0.6) is 0 Å². The van der Waals surface area contributed by atoms with Crippen LogP contribution >= 0.6 is 0 Å². The Morgan fingerprint density at radius 2 is 2.11 bits per heavy atom. The van der Waals surface area contributed by atoms with Crippen molar-refractivity contribution < 1.29 is 4.79 Å². The SMILES string of the molecule is Cc1nc(CN(C)C(=O)C2(CN)CCCCC2)n[nH]1. The first-order chi connectivity index (χ1) is 9.07. The summed E-state index contributed by atoms with van der Waals surface area (Å²) >= 11 is 0. The molecule has 1 aliphatic rings. The molecule has 1 saturated carbocycles. The van der Waals surface area contributed by atoms with E-state index in [0.29, 0.717) is 18.9 Å². The Balaban J connectivity index is 2.04. The Morgan fingerprint density at radius 3 is 2.63 bits per heavy atom. The molecular weight excluding hydrogens is 242 g/mol. The highest BCUT2D eigenvalue weighted by molar-refractivity contribution is 5.82. The van der Waals surface area contributed by atoms with Crippen molar-refractivity contribution in [3.63, 3.8) is 0 Å². The first-order valence-electron chi connectivity index (χ1n) is 6.91. The molecule has 0 saturated heterocycles. The van der Waals surface area contributed by atoms with Gasteiger partial charge >= 0.3 is 0 Å². The number of rotatable bonds is 4. The smallest absolute Gasteiger partial charge is 0.230 e. The minimum absolute atomic E-state index is 0.136. The van der Waals surface area contributed by atoms with Gasteiger partial charge in [0.1, 0.15) is 5.82 Å². The van der Waals surface area contributed by atoms with Gasteiger partial charge in [0.05, 0.1) is 12.0 Å². The van der Waals surface area contributed by atoms with Crippen molar-refractivity contribution in [2.75, 3.05) is 13.6 Å². The van der Waals surface area contributed by atoms with Crippen LogP contribution in [0.2, 0.25) is 0 Å². The molecule has 1 amide bonds. The fourth-order valence-electron chi connectivity index (χ4n) is 2.88. The number of amides is 1. The summed E-state index contributed by atoms with van der Waals surface area (Å²) in [6.45, 7) is 2.72. The molecule has 0 unspecified atom stereocenters. The third-order valence-electron chi connectivity index (χ3n) is 4.02. The number of nitrogens with two attached hydrogens (primary N) is 1. The van der Waals surface area contributed by atoms with Crippen LogP contribution < -0.4 is 5.73 Å². The van der Waals surface area contributed by atoms with Crippen LogP contribution in [0.25, 0.3) is 0 Å². The molecule has 6 nitrogen and oxygen atoms in total. The van der Waals surface area contributed by atoms with Gasteiger partial charge in [-0.1, -0.05) is 19.3 Å². The summed E-state index contributed by atoms with van der Waals surface area (Å²) in [5.41, 5.74) is 5.53. The van der Waals surface area contributed by atoms with E-state index in [0.717, 1.165) is 31.5 Å². The second kappa shape index (κ2) is 5.69. The molecule has 19 heavy (non-hydrogen) atoms. The first-order valence-corrected chi connectivity index (χ1v) is 6.91. The lowest BCUT2D eigenvalue weighted by Gasteiger charge is -2.37. The number of nitrogens with zero attached hydrogens (tertiary/aromatic N) is 3. The number of aromatic nitrogens is 3. The van der Waals surface area contributed by atoms with E-state index in [9.17, 15) is 4.79 Å². The molecule has 6 heteroatoms. The number of nitrogens with one attached hydrogen (secondary N) is 1. The number of hydrogen-bond acceptors (Lipinski definition) is 4. The van der Waals surface area contributed by atoms with E-state index >= 15 is 0 Å². The van der Waals surface area contributed by atoms with Gasteiger partial charge in [-0.25, -0.2) is 4.98 Å². The van der Waals surface area contributed by atoms with E-state index in [1.807, 2.05) is 6.92 Å². The predicted molar refractivity (Wildman–Crippen MR) is 72.2 cm³/mol. The van der Waals surface area contributed by atoms with Crippen LogP contribution in [0.3, 0.4) is 0 Å². The molecule has 0 atom stereocenters. The molecule has 106 valence electrons. The molecule has 1 aromatic rings. The first kappa shape index (κ1) is 14.0. The summed E-state index contributed by atoms with van der Waals surface area (Å²) in [5.74, 6) is 1.55. The van der Waals surface area contributed by atoms with Crippen molar-refractivity contribution in [3.8, 4) is 0 Å². The molecule has 1 fully saturated rings. The molecule has 0 radical (unpaired) electrons. The van der Waals surface area contributed by atoms with Gasteiger partial charge in [-0.05, 0) is 19.8 Å². The average Bonchev–Trinajstić information content (AvgIpc) is 2.84. The maximum atomic E-state index is 12.6. The molecule has 3 N–H and O–H groups in total. The number of carbonyl (C=O) groups excluding carboxylic acids is 1. The van der Waals surface area contributed by atoms with E-state index in [4.69, 9.17) is 5.73 Å². The van der Waals surface area contributed by atoms with Gasteiger partial charge in [0.25, 0.3) is 0 Å². The topological polar surface area (TPSA) is 87.9 Å². The monoisotopic (exact) mass is 265 g/mol. The van der Waals surface area contributed by atoms with Gasteiger partial charge in [-0.3, -0.25) is 9.89 Å². The van der Waals surface area contributed by atoms with E-state index < -0.39 is 0 Å². The third-order valence-corrected chi connectivity index (χ3v) is 4.02. The number of hydrogen-bond donors (Lipinski definition) is 2.